The van der Waals surface area contributed by atoms with E-state index in [2.05, 4.69) is 20.5 Å². The van der Waals surface area contributed by atoms with Gasteiger partial charge in [0, 0.05) is 17.1 Å². The van der Waals surface area contributed by atoms with Gasteiger partial charge in [-0.05, 0) is 6.92 Å². The summed E-state index contributed by atoms with van der Waals surface area (Å²) in [6, 6.07) is -0.228. The minimum Gasteiger partial charge on any atom is -0.476 e. The molecule has 7 nitrogen and oxygen atoms in total. The Labute approximate surface area is 106 Å². The highest BCUT2D eigenvalue weighted by Crippen LogP contribution is 2.13. The van der Waals surface area contributed by atoms with Crippen LogP contribution in [0.1, 0.15) is 38.8 Å². The van der Waals surface area contributed by atoms with E-state index >= 15 is 0 Å². The summed E-state index contributed by atoms with van der Waals surface area (Å²) in [5.41, 5.74) is 0.708. The van der Waals surface area contributed by atoms with Gasteiger partial charge in [0.15, 0.2) is 10.7 Å². The fourth-order valence-electron chi connectivity index (χ4n) is 1.32. The minimum absolute atomic E-state index is 0.124. The summed E-state index contributed by atoms with van der Waals surface area (Å²) in [4.78, 5) is 26.2. The van der Waals surface area contributed by atoms with E-state index in [0.717, 1.165) is 16.9 Å². The zero-order valence-electron chi connectivity index (χ0n) is 9.38. The van der Waals surface area contributed by atoms with Crippen LogP contribution >= 0.6 is 11.3 Å². The molecule has 0 aliphatic carbocycles. The summed E-state index contributed by atoms with van der Waals surface area (Å²) in [6.45, 7) is 1.80. The lowest BCUT2D eigenvalue weighted by atomic mass is 10.2. The van der Waals surface area contributed by atoms with Gasteiger partial charge in [-0.3, -0.25) is 9.89 Å². The maximum Gasteiger partial charge on any atom is 0.355 e. The van der Waals surface area contributed by atoms with Crippen molar-refractivity contribution in [2.75, 3.05) is 0 Å². The summed E-state index contributed by atoms with van der Waals surface area (Å²) >= 11 is 0.998. The topological polar surface area (TPSA) is 108 Å². The molecule has 1 amide bonds. The van der Waals surface area contributed by atoms with E-state index in [1.165, 1.54) is 5.38 Å². The lowest BCUT2D eigenvalue weighted by Gasteiger charge is -2.10. The Morgan fingerprint density at radius 1 is 1.56 bits per heavy atom. The van der Waals surface area contributed by atoms with E-state index in [1.54, 1.807) is 19.3 Å². The van der Waals surface area contributed by atoms with Crippen LogP contribution in [-0.4, -0.2) is 32.2 Å². The molecule has 18 heavy (non-hydrogen) atoms. The van der Waals surface area contributed by atoms with Crippen LogP contribution in [0.25, 0.3) is 0 Å². The first-order valence-corrected chi connectivity index (χ1v) is 5.94. The Bertz CT molecular complexity index is 563. The maximum absolute atomic E-state index is 11.8. The van der Waals surface area contributed by atoms with Crippen molar-refractivity contribution in [2.24, 2.45) is 0 Å². The molecule has 2 aromatic heterocycles. The normalized spacial score (nSPS) is 12.1. The number of rotatable bonds is 4. The number of aromatic carboxylic acids is 1. The van der Waals surface area contributed by atoms with Crippen LogP contribution in [0.4, 0.5) is 0 Å². The molecule has 2 heterocycles. The Kier molecular flexibility index (Phi) is 3.38. The summed E-state index contributed by atoms with van der Waals surface area (Å²) in [5.74, 6) is -1.55. The van der Waals surface area contributed by atoms with Gasteiger partial charge in [0.1, 0.15) is 0 Å². The Balaban J connectivity index is 2.05. The van der Waals surface area contributed by atoms with Gasteiger partial charge in [0.05, 0.1) is 12.2 Å². The third kappa shape index (κ3) is 2.54. The number of H-pyrrole nitrogens is 1. The van der Waals surface area contributed by atoms with Crippen molar-refractivity contribution in [1.82, 2.24) is 20.5 Å². The van der Waals surface area contributed by atoms with Crippen molar-refractivity contribution < 1.29 is 14.7 Å². The smallest absolute Gasteiger partial charge is 0.355 e. The first-order valence-electron chi connectivity index (χ1n) is 5.06. The molecule has 1 atom stereocenters. The van der Waals surface area contributed by atoms with Crippen LogP contribution in [0.5, 0.6) is 0 Å². The lowest BCUT2D eigenvalue weighted by molar-refractivity contribution is 0.0691. The van der Waals surface area contributed by atoms with Crippen LogP contribution in [0.15, 0.2) is 17.8 Å². The van der Waals surface area contributed by atoms with Gasteiger partial charge < -0.3 is 10.4 Å². The summed E-state index contributed by atoms with van der Waals surface area (Å²) in [7, 11) is 0. The van der Waals surface area contributed by atoms with Crippen molar-refractivity contribution in [1.29, 1.82) is 0 Å². The highest BCUT2D eigenvalue weighted by molar-refractivity contribution is 7.11. The van der Waals surface area contributed by atoms with Gasteiger partial charge in [-0.25, -0.2) is 9.78 Å². The van der Waals surface area contributed by atoms with Crippen molar-refractivity contribution in [2.45, 2.75) is 13.0 Å². The van der Waals surface area contributed by atoms with Crippen LogP contribution in [0.2, 0.25) is 0 Å². The van der Waals surface area contributed by atoms with Crippen LogP contribution < -0.4 is 5.32 Å². The molecule has 2 rings (SSSR count). The molecular weight excluding hydrogens is 256 g/mol. The molecule has 0 aromatic carbocycles. The second-order valence-electron chi connectivity index (χ2n) is 3.57. The summed E-state index contributed by atoms with van der Waals surface area (Å²) < 4.78 is 0. The predicted molar refractivity (Wildman–Crippen MR) is 63.5 cm³/mol. The molecule has 8 heteroatoms. The standard InChI is InChI=1S/C10H10N4O3S/c1-5(6-2-11-12-3-6)13-8(15)9-14-7(4-18-9)10(16)17/h2-5H,1H3,(H,11,12)(H,13,15)(H,16,17). The number of carboxylic acids is 1. The third-order valence-electron chi connectivity index (χ3n) is 2.28. The minimum atomic E-state index is -1.15. The molecule has 2 aromatic rings. The molecule has 0 aliphatic heterocycles. The third-order valence-corrected chi connectivity index (χ3v) is 3.13. The lowest BCUT2D eigenvalue weighted by Crippen LogP contribution is -2.26. The number of amides is 1. The quantitative estimate of drug-likeness (QED) is 0.766. The number of aromatic amines is 1. The molecule has 94 valence electrons. The molecule has 0 saturated heterocycles. The molecular formula is C10H10N4O3S. The molecule has 3 N–H and O–H groups in total. The fourth-order valence-corrected chi connectivity index (χ4v) is 2.01. The molecule has 0 bridgehead atoms. The molecule has 0 radical (unpaired) electrons. The average molecular weight is 266 g/mol. The number of carbonyl (C=O) groups excluding carboxylic acids is 1. The van der Waals surface area contributed by atoms with E-state index in [9.17, 15) is 9.59 Å². The number of carboxylic acid groups (broad SMARTS) is 1. The molecule has 1 unspecified atom stereocenters. The van der Waals surface area contributed by atoms with Gasteiger partial charge in [0.25, 0.3) is 5.91 Å². The van der Waals surface area contributed by atoms with Gasteiger partial charge >= 0.3 is 5.97 Å². The van der Waals surface area contributed by atoms with Gasteiger partial charge in [-0.15, -0.1) is 11.3 Å². The summed E-state index contributed by atoms with van der Waals surface area (Å²) in [6.07, 6.45) is 3.28. The molecule has 0 saturated carbocycles. The first kappa shape index (κ1) is 12.2. The first-order chi connectivity index (χ1) is 8.58. The SMILES string of the molecule is CC(NC(=O)c1nc(C(=O)O)cs1)c1cn[nH]c1. The Hall–Kier alpha value is -2.22. The number of hydrogen-bond donors (Lipinski definition) is 3. The zero-order valence-corrected chi connectivity index (χ0v) is 10.2. The fraction of sp³-hybridized carbons (Fsp3) is 0.200. The predicted octanol–water partition coefficient (Wildman–Crippen LogP) is 1.06. The van der Waals surface area contributed by atoms with E-state index < -0.39 is 11.9 Å². The Morgan fingerprint density at radius 3 is 2.89 bits per heavy atom. The van der Waals surface area contributed by atoms with E-state index in [0.29, 0.717) is 0 Å². The molecule has 0 aliphatic rings. The average Bonchev–Trinajstić information content (AvgIpc) is 3.00. The number of carbonyl (C=O) groups is 2. The zero-order chi connectivity index (χ0) is 13.1. The van der Waals surface area contributed by atoms with Crippen molar-refractivity contribution >= 4 is 23.2 Å². The van der Waals surface area contributed by atoms with E-state index in [1.807, 2.05) is 0 Å². The number of nitrogens with one attached hydrogen (secondary N) is 2. The highest BCUT2D eigenvalue weighted by Gasteiger charge is 2.17. The van der Waals surface area contributed by atoms with E-state index in [4.69, 9.17) is 5.11 Å². The number of hydrogen-bond acceptors (Lipinski definition) is 5. The summed E-state index contributed by atoms with van der Waals surface area (Å²) in [5, 5.41) is 19.3. The number of thiazole rings is 1. The second-order valence-corrected chi connectivity index (χ2v) is 4.43. The monoisotopic (exact) mass is 266 g/mol. The van der Waals surface area contributed by atoms with Crippen molar-refractivity contribution in [3.8, 4) is 0 Å². The van der Waals surface area contributed by atoms with Crippen LogP contribution in [0.3, 0.4) is 0 Å². The molecule has 0 spiro atoms. The van der Waals surface area contributed by atoms with Crippen molar-refractivity contribution in [3.63, 3.8) is 0 Å². The highest BCUT2D eigenvalue weighted by atomic mass is 32.1. The van der Waals surface area contributed by atoms with Gasteiger partial charge in [-0.1, -0.05) is 0 Å². The van der Waals surface area contributed by atoms with E-state index in [-0.39, 0.29) is 16.7 Å². The Morgan fingerprint density at radius 2 is 2.33 bits per heavy atom. The van der Waals surface area contributed by atoms with Gasteiger partial charge in [0.2, 0.25) is 0 Å². The van der Waals surface area contributed by atoms with Crippen LogP contribution in [0, 0.1) is 0 Å². The van der Waals surface area contributed by atoms with Crippen molar-refractivity contribution in [3.05, 3.63) is 34.0 Å². The number of aromatic nitrogens is 3. The number of nitrogens with zero attached hydrogens (tertiary/aromatic N) is 2. The maximum atomic E-state index is 11.8. The second kappa shape index (κ2) is 4.96. The molecule has 0 fully saturated rings. The van der Waals surface area contributed by atoms with Gasteiger partial charge in [-0.2, -0.15) is 5.10 Å². The largest absolute Gasteiger partial charge is 0.476 e. The van der Waals surface area contributed by atoms with Crippen LogP contribution in [-0.2, 0) is 0 Å².